The highest BCUT2D eigenvalue weighted by atomic mass is 32.2. The van der Waals surface area contributed by atoms with Gasteiger partial charge in [-0.2, -0.15) is 0 Å². The molecule has 1 aromatic heterocycles. The van der Waals surface area contributed by atoms with E-state index in [-0.39, 0.29) is 17.1 Å². The number of nitrogens with zero attached hydrogens (tertiary/aromatic N) is 2. The van der Waals surface area contributed by atoms with Crippen LogP contribution >= 0.6 is 11.8 Å². The van der Waals surface area contributed by atoms with Crippen LogP contribution in [0.3, 0.4) is 0 Å². The lowest BCUT2D eigenvalue weighted by atomic mass is 10.1. The quantitative estimate of drug-likeness (QED) is 0.406. The van der Waals surface area contributed by atoms with Crippen molar-refractivity contribution in [3.63, 3.8) is 0 Å². The number of para-hydroxylation sites is 1. The Kier molecular flexibility index (Phi) is 4.81. The van der Waals surface area contributed by atoms with Crippen molar-refractivity contribution in [1.29, 1.82) is 0 Å². The molecule has 2 aromatic carbocycles. The molecule has 1 heterocycles. The number of hydrogen-bond donors (Lipinski definition) is 0. The van der Waals surface area contributed by atoms with E-state index in [4.69, 9.17) is 0 Å². The molecule has 0 unspecified atom stereocenters. The van der Waals surface area contributed by atoms with Crippen LogP contribution in [0.25, 0.3) is 10.9 Å². The Bertz CT molecular complexity index is 946. The second-order valence-electron chi connectivity index (χ2n) is 5.54. The molecule has 0 aliphatic carbocycles. The van der Waals surface area contributed by atoms with E-state index in [2.05, 4.69) is 11.9 Å². The fourth-order valence-corrected chi connectivity index (χ4v) is 3.33. The van der Waals surface area contributed by atoms with E-state index in [0.29, 0.717) is 21.6 Å². The molecule has 5 heteroatoms. The Morgan fingerprint density at radius 1 is 1.12 bits per heavy atom. The predicted molar refractivity (Wildman–Crippen MR) is 97.9 cm³/mol. The summed E-state index contributed by atoms with van der Waals surface area (Å²) in [4.78, 5) is 29.2. The van der Waals surface area contributed by atoms with Crippen molar-refractivity contribution < 1.29 is 4.79 Å². The molecule has 122 valence electrons. The minimum Gasteiger partial charge on any atom is -0.293 e. The number of carbonyl (C=O) groups is 1. The normalized spacial score (nSPS) is 10.9. The summed E-state index contributed by atoms with van der Waals surface area (Å²) in [7, 11) is 1.69. The summed E-state index contributed by atoms with van der Waals surface area (Å²) in [5.41, 5.74) is 2.45. The fraction of sp³-hybridized carbons (Fsp3) is 0.211. The summed E-state index contributed by atoms with van der Waals surface area (Å²) in [5.74, 6) is 0.287. The van der Waals surface area contributed by atoms with E-state index in [9.17, 15) is 9.59 Å². The van der Waals surface area contributed by atoms with Gasteiger partial charge in [0.25, 0.3) is 5.56 Å². The molecule has 3 aromatic rings. The molecular weight excluding hydrogens is 320 g/mol. The van der Waals surface area contributed by atoms with Gasteiger partial charge in [-0.1, -0.05) is 55.1 Å². The molecule has 0 atom stereocenters. The number of thioether (sulfide) groups is 1. The number of aromatic nitrogens is 2. The van der Waals surface area contributed by atoms with Gasteiger partial charge >= 0.3 is 0 Å². The van der Waals surface area contributed by atoms with Crippen molar-refractivity contribution in [2.75, 3.05) is 5.75 Å². The number of hydrogen-bond acceptors (Lipinski definition) is 4. The first-order valence-corrected chi connectivity index (χ1v) is 8.79. The first-order chi connectivity index (χ1) is 11.6. The third-order valence-electron chi connectivity index (χ3n) is 3.96. The zero-order chi connectivity index (χ0) is 17.1. The van der Waals surface area contributed by atoms with E-state index in [1.807, 2.05) is 42.5 Å². The van der Waals surface area contributed by atoms with E-state index in [1.165, 1.54) is 21.9 Å². The van der Waals surface area contributed by atoms with Crippen LogP contribution in [0.5, 0.6) is 0 Å². The molecule has 4 nitrogen and oxygen atoms in total. The van der Waals surface area contributed by atoms with Crippen LogP contribution in [0.15, 0.2) is 58.5 Å². The van der Waals surface area contributed by atoms with Crippen molar-refractivity contribution in [1.82, 2.24) is 9.55 Å². The van der Waals surface area contributed by atoms with Crippen LogP contribution in [0, 0.1) is 0 Å². The minimum atomic E-state index is -0.0946. The Balaban J connectivity index is 1.81. The topological polar surface area (TPSA) is 52.0 Å². The summed E-state index contributed by atoms with van der Waals surface area (Å²) in [6.45, 7) is 2.08. The maximum absolute atomic E-state index is 12.4. The van der Waals surface area contributed by atoms with Crippen molar-refractivity contribution >= 4 is 28.4 Å². The zero-order valence-corrected chi connectivity index (χ0v) is 14.5. The van der Waals surface area contributed by atoms with Crippen LogP contribution in [-0.2, 0) is 13.5 Å². The highest BCUT2D eigenvalue weighted by Gasteiger charge is 2.12. The van der Waals surface area contributed by atoms with Crippen LogP contribution in [0.2, 0.25) is 0 Å². The monoisotopic (exact) mass is 338 g/mol. The molecule has 0 radical (unpaired) electrons. The van der Waals surface area contributed by atoms with Crippen molar-refractivity contribution in [2.45, 2.75) is 18.5 Å². The maximum atomic E-state index is 12.4. The van der Waals surface area contributed by atoms with E-state index >= 15 is 0 Å². The molecule has 0 aliphatic heterocycles. The van der Waals surface area contributed by atoms with Gasteiger partial charge in [0.1, 0.15) is 0 Å². The maximum Gasteiger partial charge on any atom is 0.261 e. The molecule has 0 saturated carbocycles. The first kappa shape index (κ1) is 16.5. The third kappa shape index (κ3) is 3.26. The number of fused-ring (bicyclic) bond motifs is 1. The van der Waals surface area contributed by atoms with Gasteiger partial charge in [-0.05, 0) is 24.1 Å². The van der Waals surface area contributed by atoms with Gasteiger partial charge in [-0.3, -0.25) is 14.2 Å². The fourth-order valence-electron chi connectivity index (χ4n) is 2.47. The molecular formula is C19H18N2O2S. The first-order valence-electron chi connectivity index (χ1n) is 7.81. The molecule has 0 bridgehead atoms. The number of ketones is 1. The predicted octanol–water partition coefficient (Wildman–Crippen LogP) is 3.47. The molecule has 0 fully saturated rings. The smallest absolute Gasteiger partial charge is 0.261 e. The molecule has 24 heavy (non-hydrogen) atoms. The SMILES string of the molecule is CCc1ccc(C(=O)CSc2nc3ccccc3c(=O)n2C)cc1. The lowest BCUT2D eigenvalue weighted by Gasteiger charge is -2.08. The number of rotatable bonds is 5. The van der Waals surface area contributed by atoms with Gasteiger partial charge in [0, 0.05) is 12.6 Å². The van der Waals surface area contributed by atoms with Crippen molar-refractivity contribution in [3.05, 3.63) is 70.0 Å². The third-order valence-corrected chi connectivity index (χ3v) is 4.99. The van der Waals surface area contributed by atoms with E-state index < -0.39 is 0 Å². The summed E-state index contributed by atoms with van der Waals surface area (Å²) in [5, 5.41) is 1.14. The lowest BCUT2D eigenvalue weighted by molar-refractivity contribution is 0.102. The Morgan fingerprint density at radius 2 is 1.83 bits per heavy atom. The van der Waals surface area contributed by atoms with Gasteiger partial charge in [-0.15, -0.1) is 0 Å². The standard InChI is InChI=1S/C19H18N2O2S/c1-3-13-8-10-14(11-9-13)17(22)12-24-19-20-16-7-5-4-6-15(16)18(23)21(19)2/h4-11H,3,12H2,1-2H3. The number of carbonyl (C=O) groups excluding carboxylic acids is 1. The second kappa shape index (κ2) is 7.01. The van der Waals surface area contributed by atoms with Gasteiger partial charge in [0.15, 0.2) is 10.9 Å². The van der Waals surface area contributed by atoms with Gasteiger partial charge in [0.2, 0.25) is 0 Å². The highest BCUT2D eigenvalue weighted by molar-refractivity contribution is 7.99. The molecule has 0 spiro atoms. The van der Waals surface area contributed by atoms with E-state index in [1.54, 1.807) is 13.1 Å². The summed E-state index contributed by atoms with van der Waals surface area (Å²) in [6, 6.07) is 14.9. The largest absolute Gasteiger partial charge is 0.293 e. The van der Waals surface area contributed by atoms with Crippen LogP contribution < -0.4 is 5.56 Å². The van der Waals surface area contributed by atoms with Crippen LogP contribution in [0.4, 0.5) is 0 Å². The van der Waals surface area contributed by atoms with Gasteiger partial charge < -0.3 is 0 Å². The average Bonchev–Trinajstić information content (AvgIpc) is 2.63. The van der Waals surface area contributed by atoms with E-state index in [0.717, 1.165) is 6.42 Å². The molecule has 0 aliphatic rings. The highest BCUT2D eigenvalue weighted by Crippen LogP contribution is 2.18. The minimum absolute atomic E-state index is 0.0325. The van der Waals surface area contributed by atoms with Crippen LogP contribution in [0.1, 0.15) is 22.8 Å². The van der Waals surface area contributed by atoms with Crippen molar-refractivity contribution in [3.8, 4) is 0 Å². The summed E-state index contributed by atoms with van der Waals surface area (Å²) >= 11 is 1.29. The molecule has 0 N–H and O–H groups in total. The summed E-state index contributed by atoms with van der Waals surface area (Å²) < 4.78 is 1.50. The van der Waals surface area contributed by atoms with Gasteiger partial charge in [-0.25, -0.2) is 4.98 Å². The number of Topliss-reactive ketones (excluding diaryl/α,β-unsaturated/α-hetero) is 1. The average molecular weight is 338 g/mol. The molecule has 3 rings (SSSR count). The molecule has 0 amide bonds. The summed E-state index contributed by atoms with van der Waals surface area (Å²) in [6.07, 6.45) is 0.951. The molecule has 0 saturated heterocycles. The van der Waals surface area contributed by atoms with Gasteiger partial charge in [0.05, 0.1) is 16.7 Å². The zero-order valence-electron chi connectivity index (χ0n) is 13.7. The Hall–Kier alpha value is -2.40. The van der Waals surface area contributed by atoms with Crippen molar-refractivity contribution in [2.24, 2.45) is 7.05 Å². The Labute approximate surface area is 144 Å². The number of aryl methyl sites for hydroxylation is 1. The lowest BCUT2D eigenvalue weighted by Crippen LogP contribution is -2.20. The number of benzene rings is 2. The Morgan fingerprint density at radius 3 is 2.54 bits per heavy atom. The second-order valence-corrected chi connectivity index (χ2v) is 6.48. The van der Waals surface area contributed by atoms with Crippen LogP contribution in [-0.4, -0.2) is 21.1 Å².